The number of hydrogen-bond acceptors (Lipinski definition) is 7. The van der Waals surface area contributed by atoms with Gasteiger partial charge in [0.1, 0.15) is 36.4 Å². The fourth-order valence-electron chi connectivity index (χ4n) is 3.57. The Morgan fingerprint density at radius 3 is 2.41 bits per heavy atom. The summed E-state index contributed by atoms with van der Waals surface area (Å²) in [7, 11) is 0. The predicted octanol–water partition coefficient (Wildman–Crippen LogP) is 4.52. The summed E-state index contributed by atoms with van der Waals surface area (Å²) in [6.07, 6.45) is 0.102. The van der Waals surface area contributed by atoms with Crippen molar-refractivity contribution in [3.05, 3.63) is 94.1 Å². The number of aromatic nitrogens is 3. The molecule has 8 nitrogen and oxygen atoms in total. The van der Waals surface area contributed by atoms with Crippen LogP contribution in [-0.4, -0.2) is 20.9 Å². The lowest BCUT2D eigenvalue weighted by molar-refractivity contribution is -0.144. The number of rotatable bonds is 8. The second kappa shape index (κ2) is 10.0. The minimum absolute atomic E-state index is 0.0455. The minimum Gasteiger partial charge on any atom is -0.489 e. The summed E-state index contributed by atoms with van der Waals surface area (Å²) < 4.78 is 18.1. The first kappa shape index (κ1) is 22.8. The molecule has 0 atom stereocenters. The highest BCUT2D eigenvalue weighted by Gasteiger charge is 2.18. The van der Waals surface area contributed by atoms with Crippen molar-refractivity contribution in [2.45, 2.75) is 40.4 Å². The van der Waals surface area contributed by atoms with E-state index in [1.807, 2.05) is 68.4 Å². The molecule has 0 aliphatic carbocycles. The van der Waals surface area contributed by atoms with E-state index >= 15 is 0 Å². The highest BCUT2D eigenvalue weighted by atomic mass is 16.5. The van der Waals surface area contributed by atoms with Crippen LogP contribution < -0.4 is 4.74 Å². The van der Waals surface area contributed by atoms with E-state index < -0.39 is 5.97 Å². The fraction of sp³-hybridized carbons (Fsp3) is 0.231. The van der Waals surface area contributed by atoms with Crippen molar-refractivity contribution in [3.8, 4) is 17.5 Å². The van der Waals surface area contributed by atoms with Gasteiger partial charge in [-0.05, 0) is 50.6 Å². The Balaban J connectivity index is 1.37. The van der Waals surface area contributed by atoms with E-state index in [0.29, 0.717) is 29.3 Å². The van der Waals surface area contributed by atoms with Crippen LogP contribution in [0.15, 0.2) is 59.1 Å². The minimum atomic E-state index is -0.397. The first-order valence-corrected chi connectivity index (χ1v) is 10.8. The zero-order valence-electron chi connectivity index (χ0n) is 19.2. The lowest BCUT2D eigenvalue weighted by Crippen LogP contribution is -2.11. The van der Waals surface area contributed by atoms with Crippen LogP contribution >= 0.6 is 0 Å². The van der Waals surface area contributed by atoms with Crippen molar-refractivity contribution in [2.24, 2.45) is 0 Å². The van der Waals surface area contributed by atoms with Crippen LogP contribution in [0.25, 0.3) is 5.69 Å². The number of benzene rings is 2. The summed E-state index contributed by atoms with van der Waals surface area (Å²) >= 11 is 0. The zero-order chi connectivity index (χ0) is 24.1. The summed E-state index contributed by atoms with van der Waals surface area (Å²) in [5.74, 6) is 1.02. The van der Waals surface area contributed by atoms with E-state index in [1.54, 1.807) is 11.6 Å². The molecule has 0 aliphatic rings. The third-order valence-corrected chi connectivity index (χ3v) is 5.47. The monoisotopic (exact) mass is 456 g/mol. The molecule has 0 unspecified atom stereocenters. The van der Waals surface area contributed by atoms with Gasteiger partial charge in [0.15, 0.2) is 0 Å². The van der Waals surface area contributed by atoms with E-state index in [0.717, 1.165) is 28.3 Å². The van der Waals surface area contributed by atoms with Crippen molar-refractivity contribution < 1.29 is 18.8 Å². The largest absolute Gasteiger partial charge is 0.489 e. The average Bonchev–Trinajstić information content (AvgIpc) is 3.35. The molecule has 34 heavy (non-hydrogen) atoms. The summed E-state index contributed by atoms with van der Waals surface area (Å²) in [6.45, 7) is 5.80. The van der Waals surface area contributed by atoms with E-state index in [-0.39, 0.29) is 13.0 Å². The van der Waals surface area contributed by atoms with Gasteiger partial charge in [0, 0.05) is 0 Å². The highest BCUT2D eigenvalue weighted by Crippen LogP contribution is 2.20. The van der Waals surface area contributed by atoms with Gasteiger partial charge in [-0.1, -0.05) is 35.5 Å². The number of para-hydroxylation sites is 1. The van der Waals surface area contributed by atoms with Crippen molar-refractivity contribution in [2.75, 3.05) is 0 Å². The van der Waals surface area contributed by atoms with Crippen LogP contribution in [0.4, 0.5) is 0 Å². The van der Waals surface area contributed by atoms with Gasteiger partial charge in [-0.15, -0.1) is 0 Å². The van der Waals surface area contributed by atoms with E-state index in [9.17, 15) is 10.1 Å². The van der Waals surface area contributed by atoms with Crippen molar-refractivity contribution >= 4 is 5.97 Å². The third kappa shape index (κ3) is 4.99. The van der Waals surface area contributed by atoms with E-state index in [2.05, 4.69) is 16.3 Å². The molecule has 0 saturated heterocycles. The zero-order valence-corrected chi connectivity index (χ0v) is 19.2. The Morgan fingerprint density at radius 1 is 1.03 bits per heavy atom. The molecule has 8 heteroatoms. The molecule has 4 aromatic rings. The van der Waals surface area contributed by atoms with E-state index in [1.165, 1.54) is 0 Å². The van der Waals surface area contributed by atoms with Gasteiger partial charge >= 0.3 is 5.97 Å². The molecule has 0 bridgehead atoms. The fourth-order valence-corrected chi connectivity index (χ4v) is 3.57. The summed E-state index contributed by atoms with van der Waals surface area (Å²) in [6, 6.07) is 18.9. The van der Waals surface area contributed by atoms with Gasteiger partial charge < -0.3 is 14.0 Å². The Morgan fingerprint density at radius 2 is 1.76 bits per heavy atom. The first-order valence-electron chi connectivity index (χ1n) is 10.8. The number of ether oxygens (including phenoxy) is 2. The van der Waals surface area contributed by atoms with Crippen LogP contribution in [0, 0.1) is 32.1 Å². The molecule has 0 saturated carbocycles. The van der Waals surface area contributed by atoms with Crippen molar-refractivity contribution in [3.63, 3.8) is 0 Å². The van der Waals surface area contributed by atoms with Crippen LogP contribution in [-0.2, 0) is 29.2 Å². The smallest absolute Gasteiger partial charge is 0.310 e. The molecule has 0 spiro atoms. The van der Waals surface area contributed by atoms with Gasteiger partial charge in [-0.3, -0.25) is 4.79 Å². The molecule has 0 fully saturated rings. The second-order valence-corrected chi connectivity index (χ2v) is 7.84. The molecule has 0 aliphatic heterocycles. The quantitative estimate of drug-likeness (QED) is 0.359. The van der Waals surface area contributed by atoms with Crippen molar-refractivity contribution in [1.29, 1.82) is 5.26 Å². The van der Waals surface area contributed by atoms with Gasteiger partial charge in [-0.2, -0.15) is 10.4 Å². The Bertz CT molecular complexity index is 1310. The van der Waals surface area contributed by atoms with Gasteiger partial charge in [0.05, 0.1) is 34.8 Å². The predicted molar refractivity (Wildman–Crippen MR) is 123 cm³/mol. The van der Waals surface area contributed by atoms with Crippen LogP contribution in [0.2, 0.25) is 0 Å². The molecule has 2 aromatic heterocycles. The Kier molecular flexibility index (Phi) is 6.74. The van der Waals surface area contributed by atoms with Gasteiger partial charge in [-0.25, -0.2) is 4.68 Å². The molecular weight excluding hydrogens is 432 g/mol. The second-order valence-electron chi connectivity index (χ2n) is 7.84. The highest BCUT2D eigenvalue weighted by molar-refractivity contribution is 5.72. The maximum atomic E-state index is 12.5. The normalized spacial score (nSPS) is 10.6. The van der Waals surface area contributed by atoms with Crippen LogP contribution in [0.3, 0.4) is 0 Å². The molecule has 0 radical (unpaired) electrons. The molecular formula is C26H24N4O4. The first-order chi connectivity index (χ1) is 16.5. The number of carbonyl (C=O) groups is 1. The molecule has 172 valence electrons. The van der Waals surface area contributed by atoms with Crippen molar-refractivity contribution in [1.82, 2.24) is 14.9 Å². The molecule has 2 aromatic carbocycles. The number of esters is 1. The number of aryl methyl sites for hydroxylation is 3. The molecule has 0 amide bonds. The molecule has 2 heterocycles. The van der Waals surface area contributed by atoms with Gasteiger partial charge in [0.2, 0.25) is 0 Å². The number of hydrogen-bond donors (Lipinski definition) is 0. The maximum absolute atomic E-state index is 12.5. The summed E-state index contributed by atoms with van der Waals surface area (Å²) in [5.41, 5.74) is 4.87. The Labute approximate surface area is 197 Å². The Hall–Kier alpha value is -4.38. The standard InChI is InChI=1S/C26H24N4O4/c1-17-23(14-27)25(30(28-17)21-7-5-4-6-8-21)16-33-26(31)13-20-9-11-22(12-10-20)32-15-24-18(2)29-34-19(24)3/h4-12H,13,15-16H2,1-3H3. The van der Waals surface area contributed by atoms with E-state index in [4.69, 9.17) is 14.0 Å². The number of carbonyl (C=O) groups excluding carboxylic acids is 1. The maximum Gasteiger partial charge on any atom is 0.310 e. The topological polar surface area (TPSA) is 103 Å². The average molecular weight is 457 g/mol. The van der Waals surface area contributed by atoms with Crippen LogP contribution in [0.1, 0.15) is 39.5 Å². The van der Waals surface area contributed by atoms with Crippen LogP contribution in [0.5, 0.6) is 5.75 Å². The molecule has 0 N–H and O–H groups in total. The lowest BCUT2D eigenvalue weighted by Gasteiger charge is -2.10. The van der Waals surface area contributed by atoms with Gasteiger partial charge in [0.25, 0.3) is 0 Å². The summed E-state index contributed by atoms with van der Waals surface area (Å²) in [5, 5.41) is 17.9. The SMILES string of the molecule is Cc1nn(-c2ccccc2)c(COC(=O)Cc2ccc(OCc3c(C)noc3C)cc2)c1C#N. The molecule has 4 rings (SSSR count). The number of nitrogens with zero attached hydrogens (tertiary/aromatic N) is 4. The third-order valence-electron chi connectivity index (χ3n) is 5.47. The summed E-state index contributed by atoms with van der Waals surface area (Å²) in [4.78, 5) is 12.5. The number of nitriles is 1. The lowest BCUT2D eigenvalue weighted by atomic mass is 10.1.